The number of likely N-dealkylation sites (tertiary alicyclic amines) is 1. The Morgan fingerprint density at radius 1 is 1.37 bits per heavy atom. The van der Waals surface area contributed by atoms with E-state index in [4.69, 9.17) is 4.74 Å². The van der Waals surface area contributed by atoms with Crippen molar-refractivity contribution < 1.29 is 17.9 Å². The highest BCUT2D eigenvalue weighted by Crippen LogP contribution is 2.21. The molecule has 0 spiro atoms. The molecule has 1 unspecified atom stereocenters. The van der Waals surface area contributed by atoms with Crippen molar-refractivity contribution in [2.45, 2.75) is 39.0 Å². The number of benzene rings is 1. The summed E-state index contributed by atoms with van der Waals surface area (Å²) in [5, 5.41) is 6.39. The third-order valence-corrected chi connectivity index (χ3v) is 4.25. The molecule has 0 radical (unpaired) electrons. The van der Waals surface area contributed by atoms with Crippen LogP contribution in [0.4, 0.5) is 13.2 Å². The van der Waals surface area contributed by atoms with Crippen molar-refractivity contribution >= 4 is 29.9 Å². The van der Waals surface area contributed by atoms with Crippen LogP contribution in [0.1, 0.15) is 24.5 Å². The molecule has 5 nitrogen and oxygen atoms in total. The van der Waals surface area contributed by atoms with Gasteiger partial charge in [-0.25, -0.2) is 4.99 Å². The van der Waals surface area contributed by atoms with Gasteiger partial charge in [-0.1, -0.05) is 12.1 Å². The number of rotatable bonds is 6. The number of halogens is 4. The van der Waals surface area contributed by atoms with E-state index >= 15 is 0 Å². The second kappa shape index (κ2) is 10.9. The molecule has 0 bridgehead atoms. The van der Waals surface area contributed by atoms with Gasteiger partial charge in [-0.3, -0.25) is 4.90 Å². The number of hydrogen-bond acceptors (Lipinski definition) is 3. The zero-order valence-corrected chi connectivity index (χ0v) is 18.2. The number of ether oxygens (including phenoxy) is 1. The normalized spacial score (nSPS) is 18.1. The zero-order chi connectivity index (χ0) is 19.2. The summed E-state index contributed by atoms with van der Waals surface area (Å²) in [6.45, 7) is 5.02. The van der Waals surface area contributed by atoms with Crippen LogP contribution in [0.2, 0.25) is 0 Å². The Morgan fingerprint density at radius 2 is 2.11 bits per heavy atom. The second-order valence-electron chi connectivity index (χ2n) is 6.48. The van der Waals surface area contributed by atoms with Crippen LogP contribution >= 0.6 is 24.0 Å². The summed E-state index contributed by atoms with van der Waals surface area (Å²) in [6.07, 6.45) is -3.49. The first-order valence-electron chi connectivity index (χ1n) is 8.78. The van der Waals surface area contributed by atoms with Gasteiger partial charge >= 0.3 is 6.18 Å². The minimum Gasteiger partial charge on any atom is -0.496 e. The Kier molecular flexibility index (Phi) is 9.65. The molecule has 0 saturated carbocycles. The largest absolute Gasteiger partial charge is 0.496 e. The van der Waals surface area contributed by atoms with E-state index in [-0.39, 0.29) is 30.0 Å². The molecule has 27 heavy (non-hydrogen) atoms. The molecule has 1 heterocycles. The van der Waals surface area contributed by atoms with E-state index < -0.39 is 12.7 Å². The van der Waals surface area contributed by atoms with Gasteiger partial charge in [-0.2, -0.15) is 13.2 Å². The average molecular weight is 500 g/mol. The molecule has 1 aliphatic rings. The van der Waals surface area contributed by atoms with Crippen LogP contribution in [0.25, 0.3) is 0 Å². The molecule has 154 valence electrons. The van der Waals surface area contributed by atoms with Crippen molar-refractivity contribution in [3.63, 3.8) is 0 Å². The molecule has 1 fully saturated rings. The maximum absolute atomic E-state index is 12.5. The van der Waals surface area contributed by atoms with E-state index in [1.54, 1.807) is 7.11 Å². The fraction of sp³-hybridized carbons (Fsp3) is 0.611. The van der Waals surface area contributed by atoms with Gasteiger partial charge in [-0.15, -0.1) is 24.0 Å². The Hall–Kier alpha value is -1.23. The molecule has 2 N–H and O–H groups in total. The predicted molar refractivity (Wildman–Crippen MR) is 112 cm³/mol. The topological polar surface area (TPSA) is 48.9 Å². The molecule has 2 rings (SSSR count). The number of guanidine groups is 1. The molecule has 0 aromatic heterocycles. The lowest BCUT2D eigenvalue weighted by molar-refractivity contribution is -0.143. The Bertz CT molecular complexity index is 625. The van der Waals surface area contributed by atoms with Crippen LogP contribution in [0.15, 0.2) is 23.2 Å². The number of hydrogen-bond donors (Lipinski definition) is 2. The molecular formula is C18H28F3IN4O. The summed E-state index contributed by atoms with van der Waals surface area (Å²) in [5.41, 5.74) is 2.07. The molecule has 1 saturated heterocycles. The minimum atomic E-state index is -4.15. The fourth-order valence-electron chi connectivity index (χ4n) is 2.99. The van der Waals surface area contributed by atoms with Crippen molar-refractivity contribution in [1.82, 2.24) is 15.5 Å². The van der Waals surface area contributed by atoms with Crippen molar-refractivity contribution in [3.8, 4) is 5.75 Å². The summed E-state index contributed by atoms with van der Waals surface area (Å²) in [5.74, 6) is 1.43. The van der Waals surface area contributed by atoms with Crippen LogP contribution in [0.5, 0.6) is 5.75 Å². The number of aliphatic imine (C=N–C) groups is 1. The van der Waals surface area contributed by atoms with E-state index in [1.807, 2.05) is 32.0 Å². The molecule has 1 aromatic rings. The summed E-state index contributed by atoms with van der Waals surface area (Å²) < 4.78 is 42.8. The standard InChI is InChI=1S/C18H27F3N4O.HI/c1-4-22-17(23-10-14-6-5-13(2)16(9-14)26-3)24-15-7-8-25(11-15)12-18(19,20)21;/h5-6,9,15H,4,7-8,10-12H2,1-3H3,(H2,22,23,24);1H. The summed E-state index contributed by atoms with van der Waals surface area (Å²) in [7, 11) is 1.63. The van der Waals surface area contributed by atoms with Gasteiger partial charge in [0.05, 0.1) is 20.2 Å². The summed E-state index contributed by atoms with van der Waals surface area (Å²) in [4.78, 5) is 5.97. The van der Waals surface area contributed by atoms with Gasteiger partial charge in [0.1, 0.15) is 5.75 Å². The third kappa shape index (κ3) is 8.12. The Labute approximate surface area is 175 Å². The van der Waals surface area contributed by atoms with E-state index in [1.165, 1.54) is 4.90 Å². The lowest BCUT2D eigenvalue weighted by Crippen LogP contribution is -2.45. The molecule has 0 aliphatic carbocycles. The first kappa shape index (κ1) is 23.8. The van der Waals surface area contributed by atoms with Crippen LogP contribution in [-0.2, 0) is 6.54 Å². The first-order chi connectivity index (χ1) is 12.3. The Balaban J connectivity index is 0.00000364. The van der Waals surface area contributed by atoms with Gasteiger partial charge in [0, 0.05) is 25.7 Å². The molecule has 1 atom stereocenters. The lowest BCUT2D eigenvalue weighted by Gasteiger charge is -2.19. The SMILES string of the molecule is CCNC(=NCc1ccc(C)c(OC)c1)NC1CCN(CC(F)(F)F)C1.I. The van der Waals surface area contributed by atoms with Crippen LogP contribution < -0.4 is 15.4 Å². The molecule has 9 heteroatoms. The number of nitrogens with zero attached hydrogens (tertiary/aromatic N) is 2. The first-order valence-corrected chi connectivity index (χ1v) is 8.78. The monoisotopic (exact) mass is 500 g/mol. The van der Waals surface area contributed by atoms with Gasteiger partial charge < -0.3 is 15.4 Å². The minimum absolute atomic E-state index is 0. The number of nitrogens with one attached hydrogen (secondary N) is 2. The third-order valence-electron chi connectivity index (χ3n) is 4.25. The number of methoxy groups -OCH3 is 1. The van der Waals surface area contributed by atoms with Gasteiger partial charge in [0.2, 0.25) is 0 Å². The maximum atomic E-state index is 12.5. The van der Waals surface area contributed by atoms with E-state index in [9.17, 15) is 13.2 Å². The molecule has 0 amide bonds. The highest BCUT2D eigenvalue weighted by molar-refractivity contribution is 14.0. The average Bonchev–Trinajstić information content (AvgIpc) is 2.99. The van der Waals surface area contributed by atoms with Crippen LogP contribution in [0.3, 0.4) is 0 Å². The number of aryl methyl sites for hydroxylation is 1. The molecule has 1 aromatic carbocycles. The van der Waals surface area contributed by atoms with E-state index in [0.29, 0.717) is 38.6 Å². The van der Waals surface area contributed by atoms with Gasteiger partial charge in [0.25, 0.3) is 0 Å². The highest BCUT2D eigenvalue weighted by Gasteiger charge is 2.34. The predicted octanol–water partition coefficient (Wildman–Crippen LogP) is 3.31. The van der Waals surface area contributed by atoms with Crippen LogP contribution in [-0.4, -0.2) is 56.4 Å². The van der Waals surface area contributed by atoms with E-state index in [2.05, 4.69) is 15.6 Å². The van der Waals surface area contributed by atoms with Crippen molar-refractivity contribution in [2.24, 2.45) is 4.99 Å². The van der Waals surface area contributed by atoms with Crippen molar-refractivity contribution in [3.05, 3.63) is 29.3 Å². The summed E-state index contributed by atoms with van der Waals surface area (Å²) >= 11 is 0. The van der Waals surface area contributed by atoms with Crippen LogP contribution in [0, 0.1) is 6.92 Å². The highest BCUT2D eigenvalue weighted by atomic mass is 127. The smallest absolute Gasteiger partial charge is 0.401 e. The Morgan fingerprint density at radius 3 is 2.74 bits per heavy atom. The quantitative estimate of drug-likeness (QED) is 0.358. The van der Waals surface area contributed by atoms with Crippen molar-refractivity contribution in [1.29, 1.82) is 0 Å². The maximum Gasteiger partial charge on any atom is 0.401 e. The summed E-state index contributed by atoms with van der Waals surface area (Å²) in [6, 6.07) is 5.88. The molecular weight excluding hydrogens is 472 g/mol. The number of alkyl halides is 3. The van der Waals surface area contributed by atoms with E-state index in [0.717, 1.165) is 16.9 Å². The lowest BCUT2D eigenvalue weighted by atomic mass is 10.1. The van der Waals surface area contributed by atoms with Gasteiger partial charge in [0.15, 0.2) is 5.96 Å². The second-order valence-corrected chi connectivity index (χ2v) is 6.48. The van der Waals surface area contributed by atoms with Gasteiger partial charge in [-0.05, 0) is 37.5 Å². The van der Waals surface area contributed by atoms with Crippen molar-refractivity contribution in [2.75, 3.05) is 33.3 Å². The fourth-order valence-corrected chi connectivity index (χ4v) is 2.99. The molecule has 1 aliphatic heterocycles. The zero-order valence-electron chi connectivity index (χ0n) is 15.9.